The van der Waals surface area contributed by atoms with Crippen molar-refractivity contribution >= 4 is 5.91 Å². The molecule has 0 aromatic carbocycles. The summed E-state index contributed by atoms with van der Waals surface area (Å²) in [6.07, 6.45) is 2.34. The Morgan fingerprint density at radius 2 is 2.29 bits per heavy atom. The van der Waals surface area contributed by atoms with Crippen molar-refractivity contribution in [2.45, 2.75) is 39.7 Å². The van der Waals surface area contributed by atoms with Gasteiger partial charge < -0.3 is 10.2 Å². The Labute approximate surface area is 86.9 Å². The number of hydrogen-bond acceptors (Lipinski definition) is 2. The van der Waals surface area contributed by atoms with E-state index < -0.39 is 0 Å². The van der Waals surface area contributed by atoms with E-state index >= 15 is 0 Å². The van der Waals surface area contributed by atoms with Crippen LogP contribution in [-0.4, -0.2) is 36.5 Å². The molecule has 1 aliphatic rings. The van der Waals surface area contributed by atoms with Crippen LogP contribution in [0.2, 0.25) is 0 Å². The highest BCUT2D eigenvalue weighted by Crippen LogP contribution is 2.11. The Kier molecular flexibility index (Phi) is 4.39. The second-order valence-electron chi connectivity index (χ2n) is 4.69. The van der Waals surface area contributed by atoms with E-state index in [1.165, 1.54) is 13.0 Å². The zero-order valence-electron chi connectivity index (χ0n) is 9.55. The van der Waals surface area contributed by atoms with E-state index in [2.05, 4.69) is 24.1 Å². The molecule has 0 aromatic heterocycles. The summed E-state index contributed by atoms with van der Waals surface area (Å²) in [6.45, 7) is 9.44. The van der Waals surface area contributed by atoms with Gasteiger partial charge in [0.15, 0.2) is 0 Å². The summed E-state index contributed by atoms with van der Waals surface area (Å²) < 4.78 is 0. The number of carbonyl (C=O) groups excluding carboxylic acids is 1. The van der Waals surface area contributed by atoms with Crippen LogP contribution in [0.4, 0.5) is 0 Å². The molecule has 3 nitrogen and oxygen atoms in total. The van der Waals surface area contributed by atoms with Crippen molar-refractivity contribution in [1.29, 1.82) is 0 Å². The summed E-state index contributed by atoms with van der Waals surface area (Å²) in [6, 6.07) is 0.375. The van der Waals surface area contributed by atoms with Crippen LogP contribution in [0.3, 0.4) is 0 Å². The third-order valence-electron chi connectivity index (χ3n) is 2.54. The van der Waals surface area contributed by atoms with E-state index in [4.69, 9.17) is 0 Å². The van der Waals surface area contributed by atoms with Crippen LogP contribution in [0.1, 0.15) is 33.6 Å². The van der Waals surface area contributed by atoms with Crippen molar-refractivity contribution in [1.82, 2.24) is 10.2 Å². The highest BCUT2D eigenvalue weighted by atomic mass is 16.1. The number of nitrogens with one attached hydrogen (secondary N) is 1. The second-order valence-corrected chi connectivity index (χ2v) is 4.69. The first-order valence-corrected chi connectivity index (χ1v) is 5.57. The zero-order chi connectivity index (χ0) is 10.6. The second kappa shape index (κ2) is 5.35. The van der Waals surface area contributed by atoms with Crippen LogP contribution in [0.15, 0.2) is 0 Å². The molecule has 1 N–H and O–H groups in total. The summed E-state index contributed by atoms with van der Waals surface area (Å²) in [5.74, 6) is 0.812. The van der Waals surface area contributed by atoms with E-state index in [1.54, 1.807) is 6.92 Å². The molecule has 0 saturated carbocycles. The number of amides is 1. The van der Waals surface area contributed by atoms with Crippen molar-refractivity contribution in [2.75, 3.05) is 19.6 Å². The molecule has 1 heterocycles. The van der Waals surface area contributed by atoms with Gasteiger partial charge in [0, 0.05) is 26.1 Å². The molecule has 1 saturated heterocycles. The molecule has 3 heteroatoms. The van der Waals surface area contributed by atoms with Gasteiger partial charge in [-0.25, -0.2) is 0 Å². The number of rotatable bonds is 3. The van der Waals surface area contributed by atoms with E-state index in [1.807, 2.05) is 0 Å². The molecule has 1 unspecified atom stereocenters. The largest absolute Gasteiger partial charge is 0.352 e. The maximum atomic E-state index is 10.9. The number of likely N-dealkylation sites (tertiary alicyclic amines) is 1. The van der Waals surface area contributed by atoms with Crippen LogP contribution in [-0.2, 0) is 4.79 Å². The van der Waals surface area contributed by atoms with E-state index in [9.17, 15) is 4.79 Å². The maximum absolute atomic E-state index is 10.9. The third kappa shape index (κ3) is 4.09. The summed E-state index contributed by atoms with van der Waals surface area (Å²) in [7, 11) is 0. The van der Waals surface area contributed by atoms with Crippen LogP contribution in [0, 0.1) is 5.92 Å². The molecule has 1 atom stereocenters. The van der Waals surface area contributed by atoms with Gasteiger partial charge in [0.2, 0.25) is 5.91 Å². The fourth-order valence-corrected chi connectivity index (χ4v) is 2.14. The molecule has 0 radical (unpaired) electrons. The van der Waals surface area contributed by atoms with Gasteiger partial charge in [-0.05, 0) is 25.3 Å². The molecule has 0 spiro atoms. The minimum absolute atomic E-state index is 0.0985. The van der Waals surface area contributed by atoms with Crippen LogP contribution in [0.5, 0.6) is 0 Å². The minimum atomic E-state index is 0.0985. The molecule has 0 aliphatic carbocycles. The SMILES string of the molecule is CC(=O)NC1CCCN(CC(C)C)C1. The molecule has 14 heavy (non-hydrogen) atoms. The Balaban J connectivity index is 2.32. The Hall–Kier alpha value is -0.570. The molecular weight excluding hydrogens is 176 g/mol. The molecular formula is C11H22N2O. The van der Waals surface area contributed by atoms with Gasteiger partial charge in [0.05, 0.1) is 0 Å². The standard InChI is InChI=1S/C11H22N2O/c1-9(2)7-13-6-4-5-11(8-13)12-10(3)14/h9,11H,4-8H2,1-3H3,(H,12,14). The fourth-order valence-electron chi connectivity index (χ4n) is 2.14. The lowest BCUT2D eigenvalue weighted by Gasteiger charge is -2.33. The van der Waals surface area contributed by atoms with Gasteiger partial charge >= 0.3 is 0 Å². The van der Waals surface area contributed by atoms with Gasteiger partial charge in [0.25, 0.3) is 0 Å². The molecule has 0 bridgehead atoms. The van der Waals surface area contributed by atoms with Crippen molar-refractivity contribution in [3.8, 4) is 0 Å². The Morgan fingerprint density at radius 3 is 2.86 bits per heavy atom. The minimum Gasteiger partial charge on any atom is -0.352 e. The molecule has 82 valence electrons. The topological polar surface area (TPSA) is 32.3 Å². The lowest BCUT2D eigenvalue weighted by Crippen LogP contribution is -2.47. The summed E-state index contributed by atoms with van der Waals surface area (Å²) >= 11 is 0. The number of piperidine rings is 1. The highest BCUT2D eigenvalue weighted by Gasteiger charge is 2.20. The zero-order valence-corrected chi connectivity index (χ0v) is 9.55. The number of carbonyl (C=O) groups is 1. The van der Waals surface area contributed by atoms with Gasteiger partial charge in [-0.3, -0.25) is 4.79 Å². The van der Waals surface area contributed by atoms with E-state index in [0.29, 0.717) is 12.0 Å². The lowest BCUT2D eigenvalue weighted by atomic mass is 10.0. The van der Waals surface area contributed by atoms with Gasteiger partial charge in [-0.2, -0.15) is 0 Å². The summed E-state index contributed by atoms with van der Waals surface area (Å²) in [5.41, 5.74) is 0. The van der Waals surface area contributed by atoms with Gasteiger partial charge in [-0.1, -0.05) is 13.8 Å². The molecule has 1 rings (SSSR count). The van der Waals surface area contributed by atoms with Crippen LogP contribution in [0.25, 0.3) is 0 Å². The normalized spacial score (nSPS) is 23.9. The average Bonchev–Trinajstić information content (AvgIpc) is 2.01. The van der Waals surface area contributed by atoms with Crippen molar-refractivity contribution < 1.29 is 4.79 Å². The molecule has 0 aromatic rings. The number of nitrogens with zero attached hydrogens (tertiary/aromatic N) is 1. The fraction of sp³-hybridized carbons (Fsp3) is 0.909. The first-order valence-electron chi connectivity index (χ1n) is 5.57. The van der Waals surface area contributed by atoms with Crippen LogP contribution >= 0.6 is 0 Å². The lowest BCUT2D eigenvalue weighted by molar-refractivity contribution is -0.120. The quantitative estimate of drug-likeness (QED) is 0.740. The highest BCUT2D eigenvalue weighted by molar-refractivity contribution is 5.73. The summed E-state index contributed by atoms with van der Waals surface area (Å²) in [5, 5.41) is 3.00. The molecule has 1 aliphatic heterocycles. The Morgan fingerprint density at radius 1 is 1.57 bits per heavy atom. The summed E-state index contributed by atoms with van der Waals surface area (Å²) in [4.78, 5) is 13.4. The maximum Gasteiger partial charge on any atom is 0.217 e. The smallest absolute Gasteiger partial charge is 0.217 e. The average molecular weight is 198 g/mol. The predicted octanol–water partition coefficient (Wildman–Crippen LogP) is 1.24. The van der Waals surface area contributed by atoms with E-state index in [0.717, 1.165) is 19.5 Å². The molecule has 1 amide bonds. The van der Waals surface area contributed by atoms with E-state index in [-0.39, 0.29) is 5.91 Å². The number of hydrogen-bond donors (Lipinski definition) is 1. The predicted molar refractivity (Wildman–Crippen MR) is 58.1 cm³/mol. The molecule has 1 fully saturated rings. The third-order valence-corrected chi connectivity index (χ3v) is 2.54. The first-order chi connectivity index (χ1) is 6.58. The first kappa shape index (κ1) is 11.5. The Bertz CT molecular complexity index is 192. The van der Waals surface area contributed by atoms with Gasteiger partial charge in [-0.15, -0.1) is 0 Å². The van der Waals surface area contributed by atoms with Crippen molar-refractivity contribution in [3.63, 3.8) is 0 Å². The van der Waals surface area contributed by atoms with Gasteiger partial charge in [0.1, 0.15) is 0 Å². The van der Waals surface area contributed by atoms with Crippen molar-refractivity contribution in [3.05, 3.63) is 0 Å². The monoisotopic (exact) mass is 198 g/mol. The van der Waals surface area contributed by atoms with Crippen molar-refractivity contribution in [2.24, 2.45) is 5.92 Å². The van der Waals surface area contributed by atoms with Crippen LogP contribution < -0.4 is 5.32 Å².